The summed E-state index contributed by atoms with van der Waals surface area (Å²) in [5, 5.41) is 0. The van der Waals surface area contributed by atoms with E-state index in [4.69, 9.17) is 4.74 Å². The van der Waals surface area contributed by atoms with Crippen LogP contribution in [0.5, 0.6) is 5.88 Å². The lowest BCUT2D eigenvalue weighted by atomic mass is 10.2. The van der Waals surface area contributed by atoms with Crippen molar-refractivity contribution in [1.29, 1.82) is 0 Å². The van der Waals surface area contributed by atoms with Crippen molar-refractivity contribution in [3.8, 4) is 5.88 Å². The molecule has 0 aliphatic carbocycles. The highest BCUT2D eigenvalue weighted by molar-refractivity contribution is 7.99. The van der Waals surface area contributed by atoms with Gasteiger partial charge in [-0.2, -0.15) is 11.8 Å². The summed E-state index contributed by atoms with van der Waals surface area (Å²) >= 11 is 2.00. The van der Waals surface area contributed by atoms with E-state index < -0.39 is 0 Å². The molecule has 0 spiro atoms. The van der Waals surface area contributed by atoms with Crippen LogP contribution in [0.1, 0.15) is 18.5 Å². The average Bonchev–Trinajstić information content (AvgIpc) is 2.23. The van der Waals surface area contributed by atoms with Crippen molar-refractivity contribution >= 4 is 11.8 Å². The molecule has 0 atom stereocenters. The molecule has 0 bridgehead atoms. The summed E-state index contributed by atoms with van der Waals surface area (Å²) in [6, 6.07) is 0. The zero-order valence-electron chi connectivity index (χ0n) is 8.27. The average molecular weight is 210 g/mol. The predicted molar refractivity (Wildman–Crippen MR) is 57.7 cm³/mol. The van der Waals surface area contributed by atoms with Gasteiger partial charge in [-0.15, -0.1) is 0 Å². The molecule has 3 nitrogen and oxygen atoms in total. The maximum atomic E-state index is 5.80. The van der Waals surface area contributed by atoms with Crippen LogP contribution < -0.4 is 4.74 Å². The lowest BCUT2D eigenvalue weighted by molar-refractivity contribution is 0.182. The summed E-state index contributed by atoms with van der Waals surface area (Å²) in [6.07, 6.45) is 5.96. The highest BCUT2D eigenvalue weighted by Crippen LogP contribution is 2.22. The van der Waals surface area contributed by atoms with Crippen LogP contribution in [0.15, 0.2) is 12.4 Å². The van der Waals surface area contributed by atoms with Crippen LogP contribution in [-0.4, -0.2) is 27.6 Å². The van der Waals surface area contributed by atoms with Crippen molar-refractivity contribution in [2.45, 2.75) is 25.9 Å². The first kappa shape index (κ1) is 9.77. The Morgan fingerprint density at radius 3 is 2.71 bits per heavy atom. The SMILES string of the molecule is Cc1nccnc1OC1CCSCC1. The Morgan fingerprint density at radius 1 is 1.29 bits per heavy atom. The van der Waals surface area contributed by atoms with Crippen LogP contribution in [0.3, 0.4) is 0 Å². The summed E-state index contributed by atoms with van der Waals surface area (Å²) < 4.78 is 5.80. The number of nitrogens with zero attached hydrogens (tertiary/aromatic N) is 2. The molecule has 4 heteroatoms. The maximum absolute atomic E-state index is 5.80. The fraction of sp³-hybridized carbons (Fsp3) is 0.600. The van der Waals surface area contributed by atoms with E-state index in [1.807, 2.05) is 18.7 Å². The Morgan fingerprint density at radius 2 is 2.00 bits per heavy atom. The van der Waals surface area contributed by atoms with Crippen molar-refractivity contribution in [1.82, 2.24) is 9.97 Å². The molecular formula is C10H14N2OS. The number of ether oxygens (including phenoxy) is 1. The number of rotatable bonds is 2. The van der Waals surface area contributed by atoms with Gasteiger partial charge in [-0.05, 0) is 31.3 Å². The predicted octanol–water partition coefficient (Wildman–Crippen LogP) is 2.06. The largest absolute Gasteiger partial charge is 0.473 e. The Labute approximate surface area is 88.3 Å². The van der Waals surface area contributed by atoms with E-state index in [0.29, 0.717) is 12.0 Å². The van der Waals surface area contributed by atoms with Crippen LogP contribution in [0.4, 0.5) is 0 Å². The molecule has 0 radical (unpaired) electrons. The minimum absolute atomic E-state index is 0.339. The topological polar surface area (TPSA) is 35.0 Å². The van der Waals surface area contributed by atoms with Crippen LogP contribution in [0.2, 0.25) is 0 Å². The number of aryl methyl sites for hydroxylation is 1. The Hall–Kier alpha value is -0.770. The van der Waals surface area contributed by atoms with Crippen LogP contribution >= 0.6 is 11.8 Å². The monoisotopic (exact) mass is 210 g/mol. The van der Waals surface area contributed by atoms with Crippen molar-refractivity contribution in [2.24, 2.45) is 0 Å². The molecular weight excluding hydrogens is 196 g/mol. The fourth-order valence-corrected chi connectivity index (χ4v) is 2.53. The second kappa shape index (κ2) is 4.64. The van der Waals surface area contributed by atoms with Gasteiger partial charge in [0, 0.05) is 12.4 Å². The summed E-state index contributed by atoms with van der Waals surface area (Å²) in [6.45, 7) is 1.93. The third-order valence-electron chi connectivity index (χ3n) is 2.28. The Kier molecular flexibility index (Phi) is 3.24. The van der Waals surface area contributed by atoms with Gasteiger partial charge in [0.25, 0.3) is 0 Å². The van der Waals surface area contributed by atoms with Gasteiger partial charge in [0.15, 0.2) is 0 Å². The lowest BCUT2D eigenvalue weighted by Crippen LogP contribution is -2.23. The van der Waals surface area contributed by atoms with Crippen LogP contribution in [0.25, 0.3) is 0 Å². The van der Waals surface area contributed by atoms with Gasteiger partial charge < -0.3 is 4.74 Å². The molecule has 1 saturated heterocycles. The second-order valence-electron chi connectivity index (χ2n) is 3.38. The lowest BCUT2D eigenvalue weighted by Gasteiger charge is -2.22. The first-order chi connectivity index (χ1) is 6.86. The smallest absolute Gasteiger partial charge is 0.235 e. The fourth-order valence-electron chi connectivity index (χ4n) is 1.46. The zero-order valence-corrected chi connectivity index (χ0v) is 9.09. The summed E-state index contributed by atoms with van der Waals surface area (Å²) in [7, 11) is 0. The third kappa shape index (κ3) is 2.38. The third-order valence-corrected chi connectivity index (χ3v) is 3.33. The van der Waals surface area contributed by atoms with Crippen molar-refractivity contribution in [3.63, 3.8) is 0 Å². The summed E-state index contributed by atoms with van der Waals surface area (Å²) in [4.78, 5) is 8.33. The Balaban J connectivity index is 1.99. The molecule has 1 aromatic rings. The van der Waals surface area contributed by atoms with Gasteiger partial charge >= 0.3 is 0 Å². The molecule has 0 aromatic carbocycles. The number of hydrogen-bond acceptors (Lipinski definition) is 4. The second-order valence-corrected chi connectivity index (χ2v) is 4.60. The van der Waals surface area contributed by atoms with E-state index in [0.717, 1.165) is 18.5 Å². The van der Waals surface area contributed by atoms with Crippen LogP contribution in [0, 0.1) is 6.92 Å². The van der Waals surface area contributed by atoms with Gasteiger partial charge in [-0.25, -0.2) is 4.98 Å². The molecule has 0 saturated carbocycles. The normalized spacial score (nSPS) is 18.1. The quantitative estimate of drug-likeness (QED) is 0.748. The number of aromatic nitrogens is 2. The molecule has 2 rings (SSSR count). The van der Waals surface area contributed by atoms with Gasteiger partial charge in [-0.1, -0.05) is 0 Å². The molecule has 0 N–H and O–H groups in total. The van der Waals surface area contributed by atoms with E-state index >= 15 is 0 Å². The van der Waals surface area contributed by atoms with Gasteiger partial charge in [0.1, 0.15) is 6.10 Å². The molecule has 0 unspecified atom stereocenters. The van der Waals surface area contributed by atoms with Crippen molar-refractivity contribution < 1.29 is 4.74 Å². The van der Waals surface area contributed by atoms with E-state index in [1.54, 1.807) is 12.4 Å². The minimum Gasteiger partial charge on any atom is -0.473 e. The first-order valence-corrected chi connectivity index (χ1v) is 6.04. The van der Waals surface area contributed by atoms with E-state index in [1.165, 1.54) is 11.5 Å². The molecule has 0 amide bonds. The first-order valence-electron chi connectivity index (χ1n) is 4.88. The van der Waals surface area contributed by atoms with E-state index in [9.17, 15) is 0 Å². The van der Waals surface area contributed by atoms with Crippen LogP contribution in [-0.2, 0) is 0 Å². The van der Waals surface area contributed by atoms with Crippen molar-refractivity contribution in [3.05, 3.63) is 18.1 Å². The van der Waals surface area contributed by atoms with Gasteiger partial charge in [0.2, 0.25) is 5.88 Å². The Bertz CT molecular complexity index is 300. The minimum atomic E-state index is 0.339. The van der Waals surface area contributed by atoms with E-state index in [2.05, 4.69) is 9.97 Å². The molecule has 1 aromatic heterocycles. The highest BCUT2D eigenvalue weighted by Gasteiger charge is 2.16. The summed E-state index contributed by atoms with van der Waals surface area (Å²) in [5.74, 6) is 3.10. The standard InChI is InChI=1S/C10H14N2OS/c1-8-10(12-5-4-11-8)13-9-2-6-14-7-3-9/h4-5,9H,2-3,6-7H2,1H3. The molecule has 1 aliphatic heterocycles. The highest BCUT2D eigenvalue weighted by atomic mass is 32.2. The molecule has 2 heterocycles. The van der Waals surface area contributed by atoms with E-state index in [-0.39, 0.29) is 0 Å². The van der Waals surface area contributed by atoms with Gasteiger partial charge in [0.05, 0.1) is 5.69 Å². The summed E-state index contributed by atoms with van der Waals surface area (Å²) in [5.41, 5.74) is 0.880. The molecule has 76 valence electrons. The molecule has 14 heavy (non-hydrogen) atoms. The molecule has 1 fully saturated rings. The zero-order chi connectivity index (χ0) is 9.80. The number of thioether (sulfide) groups is 1. The van der Waals surface area contributed by atoms with Gasteiger partial charge in [-0.3, -0.25) is 4.98 Å². The maximum Gasteiger partial charge on any atom is 0.235 e. The van der Waals surface area contributed by atoms with Crippen molar-refractivity contribution in [2.75, 3.05) is 11.5 Å². The molecule has 1 aliphatic rings. The number of hydrogen-bond donors (Lipinski definition) is 0.